The Labute approximate surface area is 278 Å². The van der Waals surface area contributed by atoms with Crippen LogP contribution in [0.5, 0.6) is 11.5 Å². The van der Waals surface area contributed by atoms with E-state index >= 15 is 0 Å². The molecule has 2 atom stereocenters. The Kier molecular flexibility index (Phi) is 10.3. The van der Waals surface area contributed by atoms with Gasteiger partial charge < -0.3 is 24.3 Å². The third-order valence-electron chi connectivity index (χ3n) is 8.01. The summed E-state index contributed by atoms with van der Waals surface area (Å²) in [5.74, 6) is 0.330. The van der Waals surface area contributed by atoms with Crippen LogP contribution in [0, 0.1) is 11.1 Å². The van der Waals surface area contributed by atoms with E-state index in [1.54, 1.807) is 32.3 Å². The second-order valence-electron chi connectivity index (χ2n) is 11.6. The zero-order chi connectivity index (χ0) is 33.2. The Hall–Kier alpha value is -3.58. The molecule has 0 bridgehead atoms. The van der Waals surface area contributed by atoms with Crippen molar-refractivity contribution in [3.8, 4) is 11.5 Å². The maximum Gasteiger partial charge on any atom is 0.325 e. The Morgan fingerprint density at radius 2 is 1.78 bits per heavy atom. The van der Waals surface area contributed by atoms with Crippen LogP contribution in [-0.4, -0.2) is 69.9 Å². The Bertz CT molecular complexity index is 1710. The van der Waals surface area contributed by atoms with E-state index in [-0.39, 0.29) is 45.8 Å². The molecule has 2 heterocycles. The van der Waals surface area contributed by atoms with Gasteiger partial charge in [0.1, 0.15) is 22.2 Å². The minimum atomic E-state index is -4.17. The second-order valence-corrected chi connectivity index (χ2v) is 14.3. The first-order valence-corrected chi connectivity index (χ1v) is 17.0. The summed E-state index contributed by atoms with van der Waals surface area (Å²) in [4.78, 5) is 27.6. The van der Waals surface area contributed by atoms with Gasteiger partial charge >= 0.3 is 5.97 Å². The molecule has 14 heteroatoms. The summed E-state index contributed by atoms with van der Waals surface area (Å²) in [7, 11) is 0.505. The Morgan fingerprint density at radius 3 is 2.43 bits per heavy atom. The summed E-state index contributed by atoms with van der Waals surface area (Å²) < 4.78 is 46.8. The van der Waals surface area contributed by atoms with Crippen molar-refractivity contribution >= 4 is 45.1 Å². The molecule has 2 aromatic carbocycles. The number of carbonyl (C=O) groups excluding carboxylic acids is 2. The minimum Gasteiger partial charge on any atom is -0.619 e. The van der Waals surface area contributed by atoms with Crippen molar-refractivity contribution in [2.24, 2.45) is 5.92 Å². The Morgan fingerprint density at radius 1 is 1.07 bits per heavy atom. The van der Waals surface area contributed by atoms with E-state index in [9.17, 15) is 23.2 Å². The van der Waals surface area contributed by atoms with Crippen molar-refractivity contribution in [3.63, 3.8) is 0 Å². The molecule has 1 saturated heterocycles. The zero-order valence-corrected chi connectivity index (χ0v) is 28.0. The van der Waals surface area contributed by atoms with Gasteiger partial charge in [0.2, 0.25) is 10.0 Å². The number of hydrogen-bond acceptors (Lipinski definition) is 8. The topological polar surface area (TPSA) is 129 Å². The van der Waals surface area contributed by atoms with Gasteiger partial charge in [-0.25, -0.2) is 8.42 Å². The van der Waals surface area contributed by atoms with E-state index in [1.807, 2.05) is 0 Å². The lowest BCUT2D eigenvalue weighted by Crippen LogP contribution is -2.42. The zero-order valence-electron chi connectivity index (χ0n) is 25.6. The highest BCUT2D eigenvalue weighted by Crippen LogP contribution is 2.38. The van der Waals surface area contributed by atoms with Gasteiger partial charge in [0, 0.05) is 38.2 Å². The number of sulfonamides is 1. The SMILES string of the molecule is COc1ccc(C(Cc2c(Cl)c[n+]([O-])cc2Cl)OC(=O)[C@@H]2CCCN2S(=O)(=O)c2cccc(C(=O)N(C)C)c2)cc1OCC1CC1. The van der Waals surface area contributed by atoms with Crippen LogP contribution in [0.15, 0.2) is 59.8 Å². The average Bonchev–Trinajstić information content (AvgIpc) is 3.72. The summed E-state index contributed by atoms with van der Waals surface area (Å²) in [6.45, 7) is 0.612. The van der Waals surface area contributed by atoms with Gasteiger partial charge in [0.25, 0.3) is 5.91 Å². The fourth-order valence-electron chi connectivity index (χ4n) is 5.30. The number of rotatable bonds is 12. The summed E-state index contributed by atoms with van der Waals surface area (Å²) in [5.41, 5.74) is 1.12. The molecule has 1 aliphatic carbocycles. The number of halogens is 2. The highest BCUT2D eigenvalue weighted by molar-refractivity contribution is 7.89. The quantitative estimate of drug-likeness (QED) is 0.150. The van der Waals surface area contributed by atoms with Gasteiger partial charge in [-0.05, 0) is 67.5 Å². The van der Waals surface area contributed by atoms with Crippen LogP contribution in [0.1, 0.15) is 53.3 Å². The molecule has 11 nitrogen and oxygen atoms in total. The van der Waals surface area contributed by atoms with Gasteiger partial charge in [-0.2, -0.15) is 9.04 Å². The van der Waals surface area contributed by atoms with Crippen LogP contribution in [0.25, 0.3) is 0 Å². The first-order valence-electron chi connectivity index (χ1n) is 14.8. The fraction of sp³-hybridized carbons (Fsp3) is 0.406. The van der Waals surface area contributed by atoms with E-state index in [1.165, 1.54) is 36.3 Å². The predicted molar refractivity (Wildman–Crippen MR) is 171 cm³/mol. The molecule has 5 rings (SSSR count). The van der Waals surface area contributed by atoms with Gasteiger partial charge in [-0.1, -0.05) is 35.3 Å². The number of methoxy groups -OCH3 is 1. The normalized spacial score (nSPS) is 17.4. The summed E-state index contributed by atoms with van der Waals surface area (Å²) in [6, 6.07) is 9.75. The first kappa shape index (κ1) is 33.8. The molecule has 2 aliphatic rings. The largest absolute Gasteiger partial charge is 0.619 e. The summed E-state index contributed by atoms with van der Waals surface area (Å²) in [5, 5.41) is 12.1. The van der Waals surface area contributed by atoms with Crippen molar-refractivity contribution in [3.05, 3.63) is 86.8 Å². The van der Waals surface area contributed by atoms with Crippen molar-refractivity contribution < 1.29 is 36.9 Å². The molecule has 3 aromatic rings. The molecule has 1 unspecified atom stereocenters. The fourth-order valence-corrected chi connectivity index (χ4v) is 7.59. The number of nitrogens with zero attached hydrogens (tertiary/aromatic N) is 3. The smallest absolute Gasteiger partial charge is 0.325 e. The lowest BCUT2D eigenvalue weighted by Gasteiger charge is -2.26. The number of ether oxygens (including phenoxy) is 3. The lowest BCUT2D eigenvalue weighted by molar-refractivity contribution is -0.605. The molecule has 1 amide bonds. The van der Waals surface area contributed by atoms with Crippen molar-refractivity contribution in [2.45, 2.75) is 49.1 Å². The number of carbonyl (C=O) groups is 2. The third kappa shape index (κ3) is 7.52. The molecular formula is C32H35Cl2N3O8S. The second kappa shape index (κ2) is 14.0. The number of pyridine rings is 1. The molecule has 2 fully saturated rings. The van der Waals surface area contributed by atoms with Crippen LogP contribution in [0.4, 0.5) is 0 Å². The molecule has 1 saturated carbocycles. The van der Waals surface area contributed by atoms with Crippen LogP contribution in [0.3, 0.4) is 0 Å². The molecule has 1 aromatic heterocycles. The summed E-state index contributed by atoms with van der Waals surface area (Å²) >= 11 is 12.8. The first-order chi connectivity index (χ1) is 21.9. The number of amides is 1. The van der Waals surface area contributed by atoms with Crippen molar-refractivity contribution in [1.82, 2.24) is 9.21 Å². The van der Waals surface area contributed by atoms with Crippen LogP contribution in [0.2, 0.25) is 10.0 Å². The van der Waals surface area contributed by atoms with Gasteiger partial charge in [0.15, 0.2) is 23.9 Å². The van der Waals surface area contributed by atoms with Crippen LogP contribution >= 0.6 is 23.2 Å². The maximum absolute atomic E-state index is 13.9. The van der Waals surface area contributed by atoms with Crippen LogP contribution < -0.4 is 14.2 Å². The van der Waals surface area contributed by atoms with E-state index in [2.05, 4.69) is 0 Å². The van der Waals surface area contributed by atoms with Crippen molar-refractivity contribution in [1.29, 1.82) is 0 Å². The third-order valence-corrected chi connectivity index (χ3v) is 10.6. The van der Waals surface area contributed by atoms with Gasteiger partial charge in [0.05, 0.1) is 18.6 Å². The average molecular weight is 693 g/mol. The standard InChI is InChI=1S/C32H35Cl2N3O8S/c1-35(2)31(38)22-6-4-7-23(14-22)46(41,42)37-13-5-8-27(37)32(39)45-29(16-24-25(33)17-36(40)18-26(24)34)21-11-12-28(43-3)30(15-21)44-19-20-9-10-20/h4,6-7,11-12,14-15,17-18,20,27,29H,5,8-10,13,16,19H2,1-3H3/t27-,29?/m0/s1. The van der Waals surface area contributed by atoms with E-state index in [0.717, 1.165) is 29.5 Å². The van der Waals surface area contributed by atoms with Crippen LogP contribution in [-0.2, 0) is 26.0 Å². The molecule has 0 radical (unpaired) electrons. The minimum absolute atomic E-state index is 0.00714. The highest BCUT2D eigenvalue weighted by atomic mass is 35.5. The van der Waals surface area contributed by atoms with Crippen molar-refractivity contribution in [2.75, 3.05) is 34.4 Å². The summed E-state index contributed by atoms with van der Waals surface area (Å²) in [6.07, 6.45) is 4.16. The number of benzene rings is 2. The lowest BCUT2D eigenvalue weighted by atomic mass is 10.0. The molecule has 0 spiro atoms. The molecule has 46 heavy (non-hydrogen) atoms. The van der Waals surface area contributed by atoms with E-state index < -0.39 is 28.1 Å². The van der Waals surface area contributed by atoms with E-state index in [4.69, 9.17) is 37.4 Å². The predicted octanol–water partition coefficient (Wildman–Crippen LogP) is 4.81. The monoisotopic (exact) mass is 691 g/mol. The number of esters is 1. The molecule has 1 aliphatic heterocycles. The van der Waals surface area contributed by atoms with E-state index in [0.29, 0.717) is 46.3 Å². The maximum atomic E-state index is 13.9. The Balaban J connectivity index is 1.45. The molecular weight excluding hydrogens is 657 g/mol. The molecule has 0 N–H and O–H groups in total. The number of hydrogen-bond donors (Lipinski definition) is 0. The molecule has 246 valence electrons. The number of aromatic nitrogens is 1. The highest BCUT2D eigenvalue weighted by Gasteiger charge is 2.41. The van der Waals surface area contributed by atoms with Gasteiger partial charge in [-0.15, -0.1) is 0 Å². The van der Waals surface area contributed by atoms with Gasteiger partial charge in [-0.3, -0.25) is 9.59 Å².